The van der Waals surface area contributed by atoms with E-state index in [0.717, 1.165) is 0 Å². The lowest BCUT2D eigenvalue weighted by Gasteiger charge is -2.17. The first-order valence-corrected chi connectivity index (χ1v) is 7.20. The summed E-state index contributed by atoms with van der Waals surface area (Å²) in [6.07, 6.45) is 1.46. The molecule has 5 nitrogen and oxygen atoms in total. The molecule has 0 N–H and O–H groups in total. The second kappa shape index (κ2) is 5.43. The van der Waals surface area contributed by atoms with Crippen LogP contribution in [0.2, 0.25) is 0 Å². The highest BCUT2D eigenvalue weighted by atomic mass is 16.5. The minimum atomic E-state index is -0.751. The van der Waals surface area contributed by atoms with Crippen molar-refractivity contribution in [1.29, 1.82) is 0 Å². The molecule has 0 aliphatic rings. The molecule has 118 valence electrons. The molecule has 0 bridgehead atoms. The van der Waals surface area contributed by atoms with Gasteiger partial charge in [-0.3, -0.25) is 9.59 Å². The van der Waals surface area contributed by atoms with Crippen molar-refractivity contribution >= 4 is 16.9 Å². The quantitative estimate of drug-likeness (QED) is 0.669. The second-order valence-corrected chi connectivity index (χ2v) is 6.20. The zero-order valence-corrected chi connectivity index (χ0v) is 13.1. The van der Waals surface area contributed by atoms with Crippen LogP contribution in [-0.4, -0.2) is 5.97 Å². The fourth-order valence-electron chi connectivity index (χ4n) is 2.03. The predicted octanol–water partition coefficient (Wildman–Crippen LogP) is 4.00. The fraction of sp³-hybridized carbons (Fsp3) is 0.222. The average Bonchev–Trinajstić information content (AvgIpc) is 3.03. The van der Waals surface area contributed by atoms with Gasteiger partial charge >= 0.3 is 5.97 Å². The summed E-state index contributed by atoms with van der Waals surface area (Å²) in [6.45, 7) is 5.14. The molecule has 0 fully saturated rings. The third kappa shape index (κ3) is 2.77. The largest absolute Gasteiger partial charge is 0.461 e. The van der Waals surface area contributed by atoms with Gasteiger partial charge in [0.05, 0.1) is 17.1 Å². The average molecular weight is 312 g/mol. The number of ether oxygens (including phenoxy) is 1. The molecule has 0 spiro atoms. The van der Waals surface area contributed by atoms with Crippen molar-refractivity contribution in [2.45, 2.75) is 20.8 Å². The summed E-state index contributed by atoms with van der Waals surface area (Å²) >= 11 is 0. The lowest BCUT2D eigenvalue weighted by Crippen LogP contribution is -2.28. The number of para-hydroxylation sites is 1. The zero-order valence-electron chi connectivity index (χ0n) is 13.1. The van der Waals surface area contributed by atoms with E-state index in [1.54, 1.807) is 57.2 Å². The molecular weight excluding hydrogens is 296 g/mol. The molecule has 2 aromatic heterocycles. The highest BCUT2D eigenvalue weighted by molar-refractivity contribution is 5.84. The summed E-state index contributed by atoms with van der Waals surface area (Å²) in [7, 11) is 0. The third-order valence-electron chi connectivity index (χ3n) is 3.31. The van der Waals surface area contributed by atoms with E-state index in [0.29, 0.717) is 16.7 Å². The molecule has 0 saturated carbocycles. The van der Waals surface area contributed by atoms with Gasteiger partial charge in [-0.05, 0) is 45.0 Å². The van der Waals surface area contributed by atoms with Crippen LogP contribution < -0.4 is 10.2 Å². The van der Waals surface area contributed by atoms with Crippen LogP contribution >= 0.6 is 0 Å². The lowest BCUT2D eigenvalue weighted by molar-refractivity contribution is -0.143. The van der Waals surface area contributed by atoms with Crippen molar-refractivity contribution in [3.63, 3.8) is 0 Å². The zero-order chi connectivity index (χ0) is 16.6. The Morgan fingerprint density at radius 2 is 1.83 bits per heavy atom. The fourth-order valence-corrected chi connectivity index (χ4v) is 2.03. The summed E-state index contributed by atoms with van der Waals surface area (Å²) in [6, 6.07) is 10.1. The van der Waals surface area contributed by atoms with E-state index in [2.05, 4.69) is 0 Å². The second-order valence-electron chi connectivity index (χ2n) is 6.20. The smallest absolute Gasteiger partial charge is 0.316 e. The molecule has 0 saturated heterocycles. The van der Waals surface area contributed by atoms with Gasteiger partial charge in [0.2, 0.25) is 16.9 Å². The van der Waals surface area contributed by atoms with E-state index in [4.69, 9.17) is 13.6 Å². The standard InChI is InChI=1S/C18H16O5/c1-18(2,3)17(20)23-16-14(19)11-7-4-5-8-12(11)22-15(16)13-9-6-10-21-13/h4-10H,1-3H3. The topological polar surface area (TPSA) is 69.7 Å². The molecule has 0 amide bonds. The Morgan fingerprint density at radius 3 is 2.48 bits per heavy atom. The first kappa shape index (κ1) is 15.1. The van der Waals surface area contributed by atoms with Crippen LogP contribution in [0.25, 0.3) is 22.5 Å². The maximum atomic E-state index is 12.7. The highest BCUT2D eigenvalue weighted by Crippen LogP contribution is 2.32. The number of esters is 1. The Kier molecular flexibility index (Phi) is 3.56. The Balaban J connectivity index is 2.25. The van der Waals surface area contributed by atoms with Crippen LogP contribution in [0.1, 0.15) is 20.8 Å². The molecule has 0 atom stereocenters. The minimum absolute atomic E-state index is 0.108. The SMILES string of the molecule is CC(C)(C)C(=O)Oc1c(-c2ccco2)oc2ccccc2c1=O. The van der Waals surface area contributed by atoms with Crippen LogP contribution in [0, 0.1) is 5.41 Å². The molecule has 5 heteroatoms. The predicted molar refractivity (Wildman–Crippen MR) is 85.3 cm³/mol. The molecule has 2 heterocycles. The van der Waals surface area contributed by atoms with Crippen molar-refractivity contribution < 1.29 is 18.4 Å². The molecule has 23 heavy (non-hydrogen) atoms. The summed E-state index contributed by atoms with van der Waals surface area (Å²) in [4.78, 5) is 24.9. The van der Waals surface area contributed by atoms with Gasteiger partial charge < -0.3 is 13.6 Å². The summed E-state index contributed by atoms with van der Waals surface area (Å²) in [5.41, 5.74) is -0.756. The maximum absolute atomic E-state index is 12.7. The van der Waals surface area contributed by atoms with Crippen LogP contribution in [0.3, 0.4) is 0 Å². The molecule has 0 unspecified atom stereocenters. The Morgan fingerprint density at radius 1 is 1.09 bits per heavy atom. The van der Waals surface area contributed by atoms with Crippen molar-refractivity contribution in [2.24, 2.45) is 5.41 Å². The molecule has 3 rings (SSSR count). The summed E-state index contributed by atoms with van der Waals surface area (Å²) < 4.78 is 16.4. The van der Waals surface area contributed by atoms with Gasteiger partial charge in [-0.15, -0.1) is 0 Å². The summed E-state index contributed by atoms with van der Waals surface area (Å²) in [5.74, 6) is -0.243. The van der Waals surface area contributed by atoms with Gasteiger partial charge in [0.25, 0.3) is 0 Å². The van der Waals surface area contributed by atoms with Crippen LogP contribution in [0.15, 0.2) is 56.3 Å². The Hall–Kier alpha value is -2.82. The Labute approximate surface area is 132 Å². The maximum Gasteiger partial charge on any atom is 0.316 e. The molecule has 1 aromatic carbocycles. The molecule has 0 radical (unpaired) electrons. The van der Waals surface area contributed by atoms with Gasteiger partial charge in [-0.1, -0.05) is 12.1 Å². The number of hydrogen-bond donors (Lipinski definition) is 0. The van der Waals surface area contributed by atoms with Crippen molar-refractivity contribution in [3.05, 3.63) is 52.9 Å². The monoisotopic (exact) mass is 312 g/mol. The highest BCUT2D eigenvalue weighted by Gasteiger charge is 2.28. The van der Waals surface area contributed by atoms with E-state index in [1.165, 1.54) is 6.26 Å². The van der Waals surface area contributed by atoms with E-state index >= 15 is 0 Å². The van der Waals surface area contributed by atoms with Gasteiger partial charge in [-0.2, -0.15) is 0 Å². The number of carbonyl (C=O) groups is 1. The number of carbonyl (C=O) groups excluding carboxylic acids is 1. The van der Waals surface area contributed by atoms with Crippen LogP contribution in [0.5, 0.6) is 5.75 Å². The first-order valence-electron chi connectivity index (χ1n) is 7.20. The molecule has 0 aliphatic carbocycles. The Bertz CT molecular complexity index is 911. The van der Waals surface area contributed by atoms with E-state index in [9.17, 15) is 9.59 Å². The van der Waals surface area contributed by atoms with Gasteiger partial charge in [0, 0.05) is 0 Å². The minimum Gasteiger partial charge on any atom is -0.461 e. The number of benzene rings is 1. The van der Waals surface area contributed by atoms with Crippen molar-refractivity contribution in [1.82, 2.24) is 0 Å². The molecular formula is C18H16O5. The van der Waals surface area contributed by atoms with Crippen LogP contribution in [-0.2, 0) is 4.79 Å². The third-order valence-corrected chi connectivity index (χ3v) is 3.31. The first-order chi connectivity index (χ1) is 10.9. The van der Waals surface area contributed by atoms with Crippen molar-refractivity contribution in [3.8, 4) is 17.3 Å². The number of fused-ring (bicyclic) bond motifs is 1. The van der Waals surface area contributed by atoms with Gasteiger partial charge in [0.1, 0.15) is 5.58 Å². The van der Waals surface area contributed by atoms with Gasteiger partial charge in [0.15, 0.2) is 5.76 Å². The lowest BCUT2D eigenvalue weighted by atomic mass is 9.97. The molecule has 3 aromatic rings. The normalized spacial score (nSPS) is 11.6. The number of hydrogen-bond acceptors (Lipinski definition) is 5. The molecule has 0 aliphatic heterocycles. The van der Waals surface area contributed by atoms with Crippen molar-refractivity contribution in [2.75, 3.05) is 0 Å². The van der Waals surface area contributed by atoms with E-state index in [-0.39, 0.29) is 11.5 Å². The van der Waals surface area contributed by atoms with E-state index in [1.807, 2.05) is 0 Å². The van der Waals surface area contributed by atoms with Gasteiger partial charge in [-0.25, -0.2) is 0 Å². The number of rotatable bonds is 2. The van der Waals surface area contributed by atoms with Crippen LogP contribution in [0.4, 0.5) is 0 Å². The number of furan rings is 1. The van der Waals surface area contributed by atoms with E-state index < -0.39 is 16.8 Å². The summed E-state index contributed by atoms with van der Waals surface area (Å²) in [5, 5.41) is 0.347.